The average molecular weight is 369 g/mol. The van der Waals surface area contributed by atoms with Gasteiger partial charge in [-0.05, 0) is 42.3 Å². The monoisotopic (exact) mass is 369 g/mol. The number of carbonyl (C=O) groups is 2. The van der Waals surface area contributed by atoms with Crippen LogP contribution in [0, 0.1) is 12.7 Å². The Hall–Kier alpha value is -2.73. The maximum Gasteiger partial charge on any atom is 0.238 e. The first-order valence-corrected chi connectivity index (χ1v) is 9.11. The molecule has 1 aliphatic rings. The van der Waals surface area contributed by atoms with Gasteiger partial charge in [0.05, 0.1) is 13.0 Å². The molecule has 0 radical (unpaired) electrons. The van der Waals surface area contributed by atoms with Gasteiger partial charge in [-0.15, -0.1) is 0 Å². The molecule has 0 spiro atoms. The summed E-state index contributed by atoms with van der Waals surface area (Å²) in [4.78, 5) is 28.5. The minimum Gasteiger partial charge on any atom is -0.340 e. The molecule has 0 bridgehead atoms. The third kappa shape index (κ3) is 5.37. The van der Waals surface area contributed by atoms with E-state index < -0.39 is 0 Å². The Labute approximate surface area is 158 Å². The maximum absolute atomic E-state index is 12.9. The molecule has 2 amide bonds. The number of halogens is 1. The lowest BCUT2D eigenvalue weighted by molar-refractivity contribution is -0.132. The lowest BCUT2D eigenvalue weighted by atomic mass is 10.1. The van der Waals surface area contributed by atoms with Crippen molar-refractivity contribution in [3.05, 3.63) is 65.5 Å². The lowest BCUT2D eigenvalue weighted by Crippen LogP contribution is -2.50. The number of nitrogens with zero attached hydrogens (tertiary/aromatic N) is 2. The summed E-state index contributed by atoms with van der Waals surface area (Å²) >= 11 is 0. The van der Waals surface area contributed by atoms with Crippen LogP contribution < -0.4 is 5.32 Å². The van der Waals surface area contributed by atoms with Crippen molar-refractivity contribution in [2.24, 2.45) is 0 Å². The Morgan fingerprint density at radius 1 is 1.00 bits per heavy atom. The molecule has 2 aromatic rings. The summed E-state index contributed by atoms with van der Waals surface area (Å²) in [7, 11) is 0. The van der Waals surface area contributed by atoms with Crippen molar-refractivity contribution in [2.45, 2.75) is 13.3 Å². The second kappa shape index (κ2) is 8.77. The summed E-state index contributed by atoms with van der Waals surface area (Å²) < 4.78 is 12.9. The Bertz CT molecular complexity index is 799. The molecule has 142 valence electrons. The third-order valence-electron chi connectivity index (χ3n) is 4.82. The van der Waals surface area contributed by atoms with Gasteiger partial charge in [0.15, 0.2) is 0 Å². The zero-order chi connectivity index (χ0) is 19.2. The van der Waals surface area contributed by atoms with Crippen LogP contribution in [0.4, 0.5) is 10.1 Å². The van der Waals surface area contributed by atoms with Crippen molar-refractivity contribution in [1.29, 1.82) is 0 Å². The Kier molecular flexibility index (Phi) is 6.19. The molecule has 1 fully saturated rings. The van der Waals surface area contributed by atoms with Gasteiger partial charge in [0.25, 0.3) is 0 Å². The topological polar surface area (TPSA) is 52.7 Å². The fourth-order valence-electron chi connectivity index (χ4n) is 3.18. The minimum atomic E-state index is -0.334. The van der Waals surface area contributed by atoms with Crippen LogP contribution in [0.2, 0.25) is 0 Å². The maximum atomic E-state index is 12.9. The molecule has 0 unspecified atom stereocenters. The fourth-order valence-corrected chi connectivity index (χ4v) is 3.18. The fraction of sp³-hybridized carbons (Fsp3) is 0.333. The highest BCUT2D eigenvalue weighted by molar-refractivity contribution is 5.92. The van der Waals surface area contributed by atoms with Gasteiger partial charge < -0.3 is 10.2 Å². The van der Waals surface area contributed by atoms with Crippen LogP contribution in [-0.2, 0) is 16.0 Å². The molecule has 0 aliphatic carbocycles. The number of amides is 2. The van der Waals surface area contributed by atoms with Crippen molar-refractivity contribution < 1.29 is 14.0 Å². The van der Waals surface area contributed by atoms with Gasteiger partial charge in [0.2, 0.25) is 11.8 Å². The van der Waals surface area contributed by atoms with Gasteiger partial charge in [0.1, 0.15) is 5.82 Å². The van der Waals surface area contributed by atoms with E-state index in [-0.39, 0.29) is 24.2 Å². The number of hydrogen-bond donors (Lipinski definition) is 1. The molecule has 1 aliphatic heterocycles. The van der Waals surface area contributed by atoms with E-state index in [1.165, 1.54) is 24.3 Å². The number of benzene rings is 2. The van der Waals surface area contributed by atoms with E-state index in [4.69, 9.17) is 0 Å². The van der Waals surface area contributed by atoms with Crippen molar-refractivity contribution in [2.75, 3.05) is 38.0 Å². The molecule has 3 rings (SSSR count). The van der Waals surface area contributed by atoms with Crippen LogP contribution >= 0.6 is 0 Å². The molecule has 27 heavy (non-hydrogen) atoms. The SMILES string of the molecule is Cc1ccccc1CC(=O)N1CCN(CC(=O)Nc2ccc(F)cc2)CC1. The van der Waals surface area contributed by atoms with Gasteiger partial charge in [-0.25, -0.2) is 4.39 Å². The van der Waals surface area contributed by atoms with Crippen LogP contribution in [0.5, 0.6) is 0 Å². The second-order valence-corrected chi connectivity index (χ2v) is 6.82. The molecular weight excluding hydrogens is 345 g/mol. The van der Waals surface area contributed by atoms with E-state index in [1.54, 1.807) is 0 Å². The average Bonchev–Trinajstić information content (AvgIpc) is 2.66. The Morgan fingerprint density at radius 3 is 2.33 bits per heavy atom. The Morgan fingerprint density at radius 2 is 1.67 bits per heavy atom. The zero-order valence-corrected chi connectivity index (χ0v) is 15.5. The first-order valence-electron chi connectivity index (χ1n) is 9.11. The van der Waals surface area contributed by atoms with Crippen LogP contribution in [0.15, 0.2) is 48.5 Å². The van der Waals surface area contributed by atoms with E-state index in [2.05, 4.69) is 5.32 Å². The normalized spacial score (nSPS) is 14.8. The van der Waals surface area contributed by atoms with Gasteiger partial charge in [0, 0.05) is 31.9 Å². The lowest BCUT2D eigenvalue weighted by Gasteiger charge is -2.34. The Balaban J connectivity index is 1.44. The number of aryl methyl sites for hydroxylation is 1. The molecule has 0 saturated carbocycles. The van der Waals surface area contributed by atoms with Crippen molar-refractivity contribution in [3.63, 3.8) is 0 Å². The van der Waals surface area contributed by atoms with Crippen LogP contribution in [0.1, 0.15) is 11.1 Å². The van der Waals surface area contributed by atoms with Crippen LogP contribution in [0.25, 0.3) is 0 Å². The van der Waals surface area contributed by atoms with E-state index in [0.717, 1.165) is 11.1 Å². The molecule has 6 heteroatoms. The molecule has 5 nitrogen and oxygen atoms in total. The van der Waals surface area contributed by atoms with Gasteiger partial charge in [-0.3, -0.25) is 14.5 Å². The van der Waals surface area contributed by atoms with E-state index in [1.807, 2.05) is 41.0 Å². The first-order chi connectivity index (χ1) is 13.0. The smallest absolute Gasteiger partial charge is 0.238 e. The molecule has 1 N–H and O–H groups in total. The number of rotatable bonds is 5. The van der Waals surface area contributed by atoms with Crippen molar-refractivity contribution in [1.82, 2.24) is 9.80 Å². The summed E-state index contributed by atoms with van der Waals surface area (Å²) in [5.41, 5.74) is 2.76. The van der Waals surface area contributed by atoms with Crippen molar-refractivity contribution >= 4 is 17.5 Å². The molecule has 1 saturated heterocycles. The standard InChI is InChI=1S/C21H24FN3O2/c1-16-4-2-3-5-17(16)14-21(27)25-12-10-24(11-13-25)15-20(26)23-19-8-6-18(22)7-9-19/h2-9H,10-15H2,1H3,(H,23,26). The first kappa shape index (κ1) is 19.0. The predicted molar refractivity (Wildman–Crippen MR) is 103 cm³/mol. The van der Waals surface area contributed by atoms with Crippen molar-refractivity contribution in [3.8, 4) is 0 Å². The molecule has 0 atom stereocenters. The second-order valence-electron chi connectivity index (χ2n) is 6.82. The number of piperazine rings is 1. The highest BCUT2D eigenvalue weighted by Crippen LogP contribution is 2.12. The summed E-state index contributed by atoms with van der Waals surface area (Å²) in [6, 6.07) is 13.6. The number of carbonyl (C=O) groups excluding carboxylic acids is 2. The third-order valence-corrected chi connectivity index (χ3v) is 4.82. The summed E-state index contributed by atoms with van der Waals surface area (Å²) in [6.45, 7) is 4.84. The molecule has 1 heterocycles. The largest absolute Gasteiger partial charge is 0.340 e. The zero-order valence-electron chi connectivity index (χ0n) is 15.5. The molecule has 0 aromatic heterocycles. The number of hydrogen-bond acceptors (Lipinski definition) is 3. The van der Waals surface area contributed by atoms with E-state index >= 15 is 0 Å². The van der Waals surface area contributed by atoms with Crippen LogP contribution in [0.3, 0.4) is 0 Å². The van der Waals surface area contributed by atoms with Gasteiger partial charge in [-0.1, -0.05) is 24.3 Å². The molecular formula is C21H24FN3O2. The summed E-state index contributed by atoms with van der Waals surface area (Å²) in [5, 5.41) is 2.76. The summed E-state index contributed by atoms with van der Waals surface area (Å²) in [5.74, 6) is -0.347. The van der Waals surface area contributed by atoms with Crippen LogP contribution in [-0.4, -0.2) is 54.3 Å². The summed E-state index contributed by atoms with van der Waals surface area (Å²) in [6.07, 6.45) is 0.414. The number of anilines is 1. The molecule has 2 aromatic carbocycles. The van der Waals surface area contributed by atoms with E-state index in [9.17, 15) is 14.0 Å². The van der Waals surface area contributed by atoms with Gasteiger partial charge in [-0.2, -0.15) is 0 Å². The highest BCUT2D eigenvalue weighted by atomic mass is 19.1. The quantitative estimate of drug-likeness (QED) is 0.881. The minimum absolute atomic E-state index is 0.125. The predicted octanol–water partition coefficient (Wildman–Crippen LogP) is 2.46. The highest BCUT2D eigenvalue weighted by Gasteiger charge is 2.22. The number of nitrogens with one attached hydrogen (secondary N) is 1. The van der Waals surface area contributed by atoms with E-state index in [0.29, 0.717) is 38.3 Å². The van der Waals surface area contributed by atoms with Gasteiger partial charge >= 0.3 is 0 Å².